The Balaban J connectivity index is 1.61. The van der Waals surface area contributed by atoms with E-state index in [1.54, 1.807) is 25.4 Å². The zero-order valence-electron chi connectivity index (χ0n) is 23.4. The lowest BCUT2D eigenvalue weighted by Crippen LogP contribution is -2.36. The molecule has 1 fully saturated rings. The molecule has 1 aromatic carbocycles. The van der Waals surface area contributed by atoms with Crippen LogP contribution in [0.2, 0.25) is 0 Å². The van der Waals surface area contributed by atoms with Crippen LogP contribution < -0.4 is 16.6 Å². The van der Waals surface area contributed by atoms with E-state index in [9.17, 15) is 43.1 Å². The normalized spacial score (nSPS) is 19.1. The van der Waals surface area contributed by atoms with Crippen molar-refractivity contribution in [2.24, 2.45) is 5.92 Å². The van der Waals surface area contributed by atoms with Crippen LogP contribution in [0.1, 0.15) is 49.3 Å². The average Bonchev–Trinajstić information content (AvgIpc) is 3.50. The Bertz CT molecular complexity index is 1680. The van der Waals surface area contributed by atoms with Gasteiger partial charge in [0, 0.05) is 29.8 Å². The fourth-order valence-corrected chi connectivity index (χ4v) is 4.84. The van der Waals surface area contributed by atoms with Gasteiger partial charge in [0.25, 0.3) is 11.2 Å². The van der Waals surface area contributed by atoms with Crippen LogP contribution in [0.25, 0.3) is 11.0 Å². The van der Waals surface area contributed by atoms with E-state index < -0.39 is 60.3 Å². The number of rotatable bonds is 9. The number of nitrogens with one attached hydrogen (secondary N) is 2. The standard InChI is InChI=1S/C27H29F3N6O8/c1-13(2)22(16-6-5-14(8-17(16)36(41)42)4-3-7-32-25(40)27(28,29)30)43-12-15-10-35(20-9-18(38)19(11-37)44-20)23-21(15)24(39)34-26(31)33-23/h5-6,8,10,13,18-20,22,37-38H,7,9,11-12H2,1-2H3,(H,32,40)(H3,31,33,34,39)/t18-,19-,20-,22+/m1/s1. The molecule has 4 rings (SSSR count). The first-order valence-electron chi connectivity index (χ1n) is 13.3. The first-order chi connectivity index (χ1) is 20.7. The van der Waals surface area contributed by atoms with Crippen LogP contribution in [0.5, 0.6) is 0 Å². The van der Waals surface area contributed by atoms with Crippen molar-refractivity contribution in [3.63, 3.8) is 0 Å². The third kappa shape index (κ3) is 7.00. The maximum Gasteiger partial charge on any atom is 0.471 e. The average molecular weight is 623 g/mol. The second-order valence-corrected chi connectivity index (χ2v) is 10.3. The number of aromatic amines is 1. The predicted octanol–water partition coefficient (Wildman–Crippen LogP) is 1.80. The van der Waals surface area contributed by atoms with E-state index in [4.69, 9.17) is 15.2 Å². The Labute approximate surface area is 247 Å². The molecule has 14 nitrogen and oxygen atoms in total. The smallest absolute Gasteiger partial charge is 0.394 e. The van der Waals surface area contributed by atoms with E-state index in [0.29, 0.717) is 5.56 Å². The van der Waals surface area contributed by atoms with Crippen LogP contribution in [0.15, 0.2) is 29.2 Å². The number of aromatic nitrogens is 3. The van der Waals surface area contributed by atoms with E-state index in [2.05, 4.69) is 21.8 Å². The number of hydrogen-bond acceptors (Lipinski definition) is 10. The summed E-state index contributed by atoms with van der Waals surface area (Å²) >= 11 is 0. The number of aliphatic hydroxyl groups is 2. The van der Waals surface area contributed by atoms with Crippen molar-refractivity contribution in [2.45, 2.75) is 57.6 Å². The van der Waals surface area contributed by atoms with Crippen LogP contribution in [0.4, 0.5) is 24.8 Å². The number of nitro groups is 1. The highest BCUT2D eigenvalue weighted by molar-refractivity contribution is 5.82. The Morgan fingerprint density at radius 1 is 1.41 bits per heavy atom. The number of benzene rings is 1. The number of ether oxygens (including phenoxy) is 2. The molecule has 17 heteroatoms. The maximum atomic E-state index is 12.9. The van der Waals surface area contributed by atoms with Gasteiger partial charge in [0.1, 0.15) is 12.3 Å². The molecule has 0 radical (unpaired) electrons. The molecule has 236 valence electrons. The van der Waals surface area contributed by atoms with Gasteiger partial charge in [-0.05, 0) is 18.1 Å². The number of carbonyl (C=O) groups is 1. The highest BCUT2D eigenvalue weighted by atomic mass is 19.4. The fourth-order valence-electron chi connectivity index (χ4n) is 4.84. The fraction of sp³-hybridized carbons (Fsp3) is 0.444. The van der Waals surface area contributed by atoms with Gasteiger partial charge in [-0.2, -0.15) is 18.2 Å². The van der Waals surface area contributed by atoms with Gasteiger partial charge >= 0.3 is 12.1 Å². The van der Waals surface area contributed by atoms with Gasteiger partial charge in [-0.25, -0.2) is 0 Å². The minimum atomic E-state index is -5.06. The number of fused-ring (bicyclic) bond motifs is 1. The number of carbonyl (C=O) groups excluding carboxylic acids is 1. The summed E-state index contributed by atoms with van der Waals surface area (Å²) in [6.45, 7) is 2.30. The molecule has 0 spiro atoms. The largest absolute Gasteiger partial charge is 0.471 e. The van der Waals surface area contributed by atoms with Crippen molar-refractivity contribution >= 4 is 28.6 Å². The van der Waals surface area contributed by atoms with Crippen LogP contribution in [0.3, 0.4) is 0 Å². The summed E-state index contributed by atoms with van der Waals surface area (Å²) in [7, 11) is 0. The molecule has 1 saturated heterocycles. The lowest BCUT2D eigenvalue weighted by atomic mass is 9.96. The molecule has 1 aliphatic heterocycles. The Kier molecular flexibility index (Phi) is 9.59. The second-order valence-electron chi connectivity index (χ2n) is 10.3. The summed E-state index contributed by atoms with van der Waals surface area (Å²) in [6.07, 6.45) is -6.83. The van der Waals surface area contributed by atoms with Crippen LogP contribution in [0, 0.1) is 27.9 Å². The quantitative estimate of drug-likeness (QED) is 0.133. The molecule has 2 aromatic heterocycles. The Morgan fingerprint density at radius 3 is 2.75 bits per heavy atom. The van der Waals surface area contributed by atoms with Gasteiger partial charge in [0.2, 0.25) is 5.95 Å². The number of halogens is 3. The van der Waals surface area contributed by atoms with Crippen LogP contribution in [-0.4, -0.2) is 67.1 Å². The zero-order valence-corrected chi connectivity index (χ0v) is 23.4. The van der Waals surface area contributed by atoms with Crippen molar-refractivity contribution in [1.82, 2.24) is 19.9 Å². The lowest BCUT2D eigenvalue weighted by Gasteiger charge is -2.22. The van der Waals surface area contributed by atoms with Gasteiger partial charge in [0.05, 0.1) is 47.8 Å². The first-order valence-corrected chi connectivity index (χ1v) is 13.3. The van der Waals surface area contributed by atoms with E-state index in [0.717, 1.165) is 6.07 Å². The first kappa shape index (κ1) is 32.4. The zero-order chi connectivity index (χ0) is 32.3. The molecular weight excluding hydrogens is 593 g/mol. The van der Waals surface area contributed by atoms with Gasteiger partial charge in [-0.15, -0.1) is 0 Å². The number of H-pyrrole nitrogens is 1. The Hall–Kier alpha value is -4.50. The molecule has 1 aliphatic rings. The SMILES string of the molecule is CC(C)[C@H](OCc1cn([C@H]2C[C@@H](O)[C@@H](CO)O2)c2nc(N)[nH]c(=O)c12)c1ccc(C#CCNC(=O)C(F)(F)F)cc1[N+](=O)[O-]. The van der Waals surface area contributed by atoms with Crippen LogP contribution >= 0.6 is 0 Å². The highest BCUT2D eigenvalue weighted by Gasteiger charge is 2.38. The molecule has 0 unspecified atom stereocenters. The predicted molar refractivity (Wildman–Crippen MR) is 148 cm³/mol. The molecule has 3 aromatic rings. The third-order valence-corrected chi connectivity index (χ3v) is 6.86. The van der Waals surface area contributed by atoms with Gasteiger partial charge < -0.3 is 35.3 Å². The molecule has 3 heterocycles. The topological polar surface area (TPSA) is 208 Å². The summed E-state index contributed by atoms with van der Waals surface area (Å²) in [6, 6.07) is 4.00. The number of amides is 1. The summed E-state index contributed by atoms with van der Waals surface area (Å²) in [5.41, 5.74) is 5.68. The van der Waals surface area contributed by atoms with Gasteiger partial charge in [0.15, 0.2) is 5.65 Å². The summed E-state index contributed by atoms with van der Waals surface area (Å²) < 4.78 is 50.4. The molecule has 0 aliphatic carbocycles. The number of alkyl halides is 3. The number of nitro benzene ring substituents is 1. The molecule has 0 saturated carbocycles. The molecule has 44 heavy (non-hydrogen) atoms. The Morgan fingerprint density at radius 2 is 2.14 bits per heavy atom. The summed E-state index contributed by atoms with van der Waals surface area (Å²) in [5.74, 6) is 2.20. The number of aliphatic hydroxyl groups excluding tert-OH is 2. The molecule has 4 atom stereocenters. The highest BCUT2D eigenvalue weighted by Crippen LogP contribution is 2.36. The number of nitrogens with two attached hydrogens (primary N) is 1. The van der Waals surface area contributed by atoms with Gasteiger partial charge in [-0.3, -0.25) is 24.7 Å². The lowest BCUT2D eigenvalue weighted by molar-refractivity contribution is -0.386. The third-order valence-electron chi connectivity index (χ3n) is 6.86. The summed E-state index contributed by atoms with van der Waals surface area (Å²) in [5, 5.41) is 33.4. The number of nitrogens with zero attached hydrogens (tertiary/aromatic N) is 3. The van der Waals surface area contributed by atoms with E-state index in [-0.39, 0.29) is 52.7 Å². The van der Waals surface area contributed by atoms with E-state index >= 15 is 0 Å². The van der Waals surface area contributed by atoms with Crippen molar-refractivity contribution in [3.8, 4) is 11.8 Å². The van der Waals surface area contributed by atoms with Crippen molar-refractivity contribution in [1.29, 1.82) is 0 Å². The van der Waals surface area contributed by atoms with Gasteiger partial charge in [-0.1, -0.05) is 25.7 Å². The number of nitrogen functional groups attached to an aromatic ring is 1. The second kappa shape index (κ2) is 13.0. The number of hydrogen-bond donors (Lipinski definition) is 5. The van der Waals surface area contributed by atoms with E-state index in [1.165, 1.54) is 16.7 Å². The van der Waals surface area contributed by atoms with Crippen molar-refractivity contribution in [3.05, 3.63) is 61.6 Å². The molecule has 0 bridgehead atoms. The van der Waals surface area contributed by atoms with Crippen molar-refractivity contribution in [2.75, 3.05) is 18.9 Å². The molecule has 1 amide bonds. The maximum absolute atomic E-state index is 12.9. The molecular formula is C27H29F3N6O8. The minimum absolute atomic E-state index is 0.106. The number of anilines is 1. The monoisotopic (exact) mass is 622 g/mol. The van der Waals surface area contributed by atoms with Crippen molar-refractivity contribution < 1.29 is 42.6 Å². The van der Waals surface area contributed by atoms with Crippen LogP contribution in [-0.2, 0) is 20.9 Å². The summed E-state index contributed by atoms with van der Waals surface area (Å²) in [4.78, 5) is 41.8. The minimum Gasteiger partial charge on any atom is -0.394 e. The van der Waals surface area contributed by atoms with E-state index in [1.807, 2.05) is 0 Å². The molecule has 6 N–H and O–H groups in total.